The maximum Gasteiger partial charge on any atom is 0.242 e. The van der Waals surface area contributed by atoms with Crippen LogP contribution in [0.25, 0.3) is 0 Å². The van der Waals surface area contributed by atoms with Crippen LogP contribution in [0.4, 0.5) is 5.69 Å². The van der Waals surface area contributed by atoms with E-state index in [1.807, 2.05) is 30.3 Å². The van der Waals surface area contributed by atoms with Crippen LogP contribution in [0.1, 0.15) is 26.2 Å². The standard InChI is InChI=1S/C17H19N3O2/c1-2-3-10-14-15(21)19-12-7-11-18-17(19)20(16(14)22)13-8-5-4-6-9-13/h4-9,11-12,14,17H,2-3,10H2,1H3. The van der Waals surface area contributed by atoms with Crippen molar-refractivity contribution in [3.63, 3.8) is 0 Å². The first-order valence-corrected chi connectivity index (χ1v) is 7.64. The second-order valence-corrected chi connectivity index (χ2v) is 5.47. The van der Waals surface area contributed by atoms with E-state index in [4.69, 9.17) is 0 Å². The lowest BCUT2D eigenvalue weighted by atomic mass is 9.96. The SMILES string of the molecule is CCCCC1C(=O)N2C=CC=NC2N(c2ccccc2)C1=O. The number of allylic oxidation sites excluding steroid dienone is 1. The van der Waals surface area contributed by atoms with Crippen molar-refractivity contribution in [3.8, 4) is 0 Å². The van der Waals surface area contributed by atoms with E-state index in [-0.39, 0.29) is 11.8 Å². The number of anilines is 1. The Morgan fingerprint density at radius 1 is 1.14 bits per heavy atom. The van der Waals surface area contributed by atoms with Crippen molar-refractivity contribution < 1.29 is 9.59 Å². The number of hydrogen-bond acceptors (Lipinski definition) is 3. The van der Waals surface area contributed by atoms with Gasteiger partial charge in [0, 0.05) is 18.1 Å². The van der Waals surface area contributed by atoms with Crippen LogP contribution in [-0.2, 0) is 9.59 Å². The highest BCUT2D eigenvalue weighted by Gasteiger charge is 2.45. The van der Waals surface area contributed by atoms with Gasteiger partial charge in [-0.05, 0) is 24.6 Å². The third kappa shape index (κ3) is 2.43. The monoisotopic (exact) mass is 297 g/mol. The van der Waals surface area contributed by atoms with Gasteiger partial charge >= 0.3 is 0 Å². The van der Waals surface area contributed by atoms with E-state index >= 15 is 0 Å². The van der Waals surface area contributed by atoms with Crippen LogP contribution in [-0.4, -0.2) is 29.2 Å². The van der Waals surface area contributed by atoms with Crippen molar-refractivity contribution >= 4 is 23.7 Å². The molecule has 5 nitrogen and oxygen atoms in total. The molecule has 1 aromatic carbocycles. The Balaban J connectivity index is 1.99. The average molecular weight is 297 g/mol. The van der Waals surface area contributed by atoms with Gasteiger partial charge in [-0.3, -0.25) is 19.4 Å². The highest BCUT2D eigenvalue weighted by Crippen LogP contribution is 2.31. The first-order chi connectivity index (χ1) is 10.7. The van der Waals surface area contributed by atoms with Gasteiger partial charge in [0.15, 0.2) is 0 Å². The summed E-state index contributed by atoms with van der Waals surface area (Å²) in [6.07, 6.45) is 6.86. The molecule has 0 spiro atoms. The lowest BCUT2D eigenvalue weighted by Gasteiger charge is -2.43. The Kier molecular flexibility index (Phi) is 4.04. The molecule has 114 valence electrons. The molecular weight excluding hydrogens is 278 g/mol. The first kappa shape index (κ1) is 14.5. The molecule has 0 N–H and O–H groups in total. The number of amides is 2. The van der Waals surface area contributed by atoms with Crippen molar-refractivity contribution in [2.45, 2.75) is 32.5 Å². The Bertz CT molecular complexity index is 624. The highest BCUT2D eigenvalue weighted by atomic mass is 16.2. The molecule has 0 radical (unpaired) electrons. The minimum Gasteiger partial charge on any atom is -0.277 e. The average Bonchev–Trinajstić information content (AvgIpc) is 2.56. The number of rotatable bonds is 4. The Hall–Kier alpha value is -2.43. The first-order valence-electron chi connectivity index (χ1n) is 7.64. The van der Waals surface area contributed by atoms with E-state index in [2.05, 4.69) is 11.9 Å². The molecule has 2 unspecified atom stereocenters. The number of carbonyl (C=O) groups excluding carboxylic acids is 2. The Morgan fingerprint density at radius 3 is 2.64 bits per heavy atom. The molecule has 1 aromatic rings. The van der Waals surface area contributed by atoms with Crippen molar-refractivity contribution in [1.82, 2.24) is 4.90 Å². The number of carbonyl (C=O) groups is 2. The van der Waals surface area contributed by atoms with Crippen LogP contribution in [0.15, 0.2) is 47.6 Å². The maximum absolute atomic E-state index is 12.9. The fraction of sp³-hybridized carbons (Fsp3) is 0.353. The fourth-order valence-electron chi connectivity index (χ4n) is 2.86. The van der Waals surface area contributed by atoms with Gasteiger partial charge < -0.3 is 0 Å². The molecular formula is C17H19N3O2. The molecule has 0 bridgehead atoms. The summed E-state index contributed by atoms with van der Waals surface area (Å²) in [5.74, 6) is -0.920. The number of unbranched alkanes of at least 4 members (excludes halogenated alkanes) is 1. The normalized spacial score (nSPS) is 23.9. The number of para-hydroxylation sites is 1. The number of hydrogen-bond donors (Lipinski definition) is 0. The topological polar surface area (TPSA) is 53.0 Å². The molecule has 0 saturated carbocycles. The van der Waals surface area contributed by atoms with Crippen molar-refractivity contribution in [1.29, 1.82) is 0 Å². The van der Waals surface area contributed by atoms with Gasteiger partial charge in [0.05, 0.1) is 0 Å². The summed E-state index contributed by atoms with van der Waals surface area (Å²) in [7, 11) is 0. The Morgan fingerprint density at radius 2 is 1.91 bits per heavy atom. The zero-order valence-electron chi connectivity index (χ0n) is 12.6. The smallest absolute Gasteiger partial charge is 0.242 e. The molecule has 3 rings (SSSR count). The number of aliphatic imine (C=N–C) groups is 1. The van der Waals surface area contributed by atoms with Crippen LogP contribution < -0.4 is 4.90 Å². The molecule has 2 aliphatic heterocycles. The van der Waals surface area contributed by atoms with E-state index < -0.39 is 12.2 Å². The minimum absolute atomic E-state index is 0.149. The lowest BCUT2D eigenvalue weighted by Crippen LogP contribution is -2.61. The molecule has 2 atom stereocenters. The summed E-state index contributed by atoms with van der Waals surface area (Å²) in [4.78, 5) is 33.0. The second-order valence-electron chi connectivity index (χ2n) is 5.47. The van der Waals surface area contributed by atoms with E-state index in [9.17, 15) is 9.59 Å². The third-order valence-corrected chi connectivity index (χ3v) is 4.00. The van der Waals surface area contributed by atoms with Crippen molar-refractivity contribution in [2.24, 2.45) is 10.9 Å². The van der Waals surface area contributed by atoms with Gasteiger partial charge in [-0.1, -0.05) is 38.0 Å². The molecule has 5 heteroatoms. The van der Waals surface area contributed by atoms with E-state index in [1.54, 1.807) is 28.3 Å². The van der Waals surface area contributed by atoms with E-state index in [1.165, 1.54) is 0 Å². The minimum atomic E-state index is -0.616. The molecule has 1 saturated heterocycles. The third-order valence-electron chi connectivity index (χ3n) is 4.00. The van der Waals surface area contributed by atoms with Gasteiger partial charge in [-0.2, -0.15) is 0 Å². The molecule has 0 aromatic heterocycles. The van der Waals surface area contributed by atoms with E-state index in [0.717, 1.165) is 18.5 Å². The quantitative estimate of drug-likeness (QED) is 0.802. The van der Waals surface area contributed by atoms with Crippen molar-refractivity contribution in [2.75, 3.05) is 4.90 Å². The second kappa shape index (κ2) is 6.13. The molecule has 2 amide bonds. The predicted molar refractivity (Wildman–Crippen MR) is 85.2 cm³/mol. The molecule has 2 aliphatic rings. The van der Waals surface area contributed by atoms with E-state index in [0.29, 0.717) is 6.42 Å². The number of benzene rings is 1. The largest absolute Gasteiger partial charge is 0.277 e. The molecule has 2 heterocycles. The van der Waals surface area contributed by atoms with Crippen LogP contribution in [0, 0.1) is 5.92 Å². The van der Waals surface area contributed by atoms with Crippen molar-refractivity contribution in [3.05, 3.63) is 42.6 Å². The van der Waals surface area contributed by atoms with Gasteiger partial charge in [0.2, 0.25) is 18.1 Å². The van der Waals surface area contributed by atoms with Gasteiger partial charge in [0.25, 0.3) is 0 Å². The van der Waals surface area contributed by atoms with Crippen LogP contribution in [0.3, 0.4) is 0 Å². The van der Waals surface area contributed by atoms with Gasteiger partial charge in [-0.25, -0.2) is 4.99 Å². The van der Waals surface area contributed by atoms with Crippen LogP contribution in [0.2, 0.25) is 0 Å². The maximum atomic E-state index is 12.9. The summed E-state index contributed by atoms with van der Waals surface area (Å²) in [5, 5.41) is 0. The lowest BCUT2D eigenvalue weighted by molar-refractivity contribution is -0.146. The van der Waals surface area contributed by atoms with Crippen LogP contribution in [0.5, 0.6) is 0 Å². The molecule has 1 fully saturated rings. The Labute approximate surface area is 129 Å². The summed E-state index contributed by atoms with van der Waals surface area (Å²) in [5.41, 5.74) is 0.768. The zero-order chi connectivity index (χ0) is 15.5. The predicted octanol–water partition coefficient (Wildman–Crippen LogP) is 2.55. The summed E-state index contributed by atoms with van der Waals surface area (Å²) < 4.78 is 0. The zero-order valence-corrected chi connectivity index (χ0v) is 12.6. The summed E-state index contributed by atoms with van der Waals surface area (Å²) >= 11 is 0. The number of nitrogens with zero attached hydrogens (tertiary/aromatic N) is 3. The van der Waals surface area contributed by atoms with Crippen LogP contribution >= 0.6 is 0 Å². The number of fused-ring (bicyclic) bond motifs is 1. The van der Waals surface area contributed by atoms with Gasteiger partial charge in [0.1, 0.15) is 5.92 Å². The molecule has 22 heavy (non-hydrogen) atoms. The fourth-order valence-corrected chi connectivity index (χ4v) is 2.86. The highest BCUT2D eigenvalue weighted by molar-refractivity contribution is 6.11. The van der Waals surface area contributed by atoms with Gasteiger partial charge in [-0.15, -0.1) is 0 Å². The summed E-state index contributed by atoms with van der Waals surface area (Å²) in [6, 6.07) is 9.41. The summed E-state index contributed by atoms with van der Waals surface area (Å²) in [6.45, 7) is 2.06. The molecule has 0 aliphatic carbocycles.